The minimum atomic E-state index is -0.563. The minimum absolute atomic E-state index is 0.103. The third-order valence-electron chi connectivity index (χ3n) is 2.62. The summed E-state index contributed by atoms with van der Waals surface area (Å²) in [6.07, 6.45) is 0.422. The maximum absolute atomic E-state index is 13.6. The van der Waals surface area contributed by atoms with Gasteiger partial charge in [0.15, 0.2) is 0 Å². The zero-order valence-corrected chi connectivity index (χ0v) is 10.7. The zero-order chi connectivity index (χ0) is 13.0. The van der Waals surface area contributed by atoms with Gasteiger partial charge in [0.1, 0.15) is 11.6 Å². The molecule has 1 heterocycles. The lowest BCUT2D eigenvalue weighted by molar-refractivity contribution is 0.511. The molecule has 0 radical (unpaired) electrons. The van der Waals surface area contributed by atoms with Crippen molar-refractivity contribution in [2.45, 2.75) is 19.4 Å². The molecule has 0 aliphatic heterocycles. The fourth-order valence-corrected chi connectivity index (χ4v) is 2.27. The van der Waals surface area contributed by atoms with Gasteiger partial charge in [0.2, 0.25) is 0 Å². The SMILES string of the molecule is CCNC(Cc1ccc(F)cc1F)c1csnn1. The van der Waals surface area contributed by atoms with Gasteiger partial charge in [-0.15, -0.1) is 5.10 Å². The van der Waals surface area contributed by atoms with Crippen molar-refractivity contribution in [1.29, 1.82) is 0 Å². The first-order valence-corrected chi connectivity index (χ1v) is 6.48. The summed E-state index contributed by atoms with van der Waals surface area (Å²) in [5.41, 5.74) is 1.25. The number of benzene rings is 1. The molecule has 96 valence electrons. The molecule has 0 amide bonds. The molecule has 1 aromatic heterocycles. The van der Waals surface area contributed by atoms with Crippen LogP contribution in [-0.4, -0.2) is 16.1 Å². The van der Waals surface area contributed by atoms with Crippen molar-refractivity contribution in [3.8, 4) is 0 Å². The predicted molar refractivity (Wildman–Crippen MR) is 66.4 cm³/mol. The van der Waals surface area contributed by atoms with Crippen molar-refractivity contribution in [2.24, 2.45) is 0 Å². The molecule has 1 aromatic carbocycles. The van der Waals surface area contributed by atoms with Crippen molar-refractivity contribution < 1.29 is 8.78 Å². The molecular weight excluding hydrogens is 256 g/mol. The highest BCUT2D eigenvalue weighted by molar-refractivity contribution is 7.03. The van der Waals surface area contributed by atoms with Crippen molar-refractivity contribution in [3.63, 3.8) is 0 Å². The summed E-state index contributed by atoms with van der Waals surface area (Å²) in [6.45, 7) is 2.71. The summed E-state index contributed by atoms with van der Waals surface area (Å²) >= 11 is 1.26. The van der Waals surface area contributed by atoms with Crippen LogP contribution < -0.4 is 5.32 Å². The van der Waals surface area contributed by atoms with Crippen LogP contribution in [0.25, 0.3) is 0 Å². The molecule has 0 bridgehead atoms. The van der Waals surface area contributed by atoms with E-state index in [1.165, 1.54) is 23.7 Å². The number of hydrogen-bond acceptors (Lipinski definition) is 4. The van der Waals surface area contributed by atoms with Gasteiger partial charge in [0.25, 0.3) is 0 Å². The van der Waals surface area contributed by atoms with E-state index < -0.39 is 11.6 Å². The van der Waals surface area contributed by atoms with Gasteiger partial charge in [0.05, 0.1) is 11.7 Å². The van der Waals surface area contributed by atoms with E-state index in [2.05, 4.69) is 14.9 Å². The molecule has 0 aliphatic carbocycles. The molecule has 0 saturated heterocycles. The van der Waals surface area contributed by atoms with Crippen LogP contribution >= 0.6 is 11.5 Å². The van der Waals surface area contributed by atoms with Crippen LogP contribution in [0.15, 0.2) is 23.6 Å². The quantitative estimate of drug-likeness (QED) is 0.907. The normalized spacial score (nSPS) is 12.6. The van der Waals surface area contributed by atoms with E-state index in [0.29, 0.717) is 12.0 Å². The fraction of sp³-hybridized carbons (Fsp3) is 0.333. The molecule has 0 aliphatic rings. The minimum Gasteiger partial charge on any atom is -0.309 e. The number of aromatic nitrogens is 2. The Morgan fingerprint density at radius 1 is 1.39 bits per heavy atom. The Balaban J connectivity index is 2.18. The van der Waals surface area contributed by atoms with Crippen molar-refractivity contribution in [1.82, 2.24) is 14.9 Å². The van der Waals surface area contributed by atoms with Gasteiger partial charge in [-0.3, -0.25) is 0 Å². The molecule has 0 fully saturated rings. The lowest BCUT2D eigenvalue weighted by Crippen LogP contribution is -2.23. The molecule has 1 unspecified atom stereocenters. The number of rotatable bonds is 5. The summed E-state index contributed by atoms with van der Waals surface area (Å²) in [4.78, 5) is 0. The Morgan fingerprint density at radius 3 is 2.83 bits per heavy atom. The summed E-state index contributed by atoms with van der Waals surface area (Å²) in [7, 11) is 0. The van der Waals surface area contributed by atoms with Crippen LogP contribution in [0.3, 0.4) is 0 Å². The third-order valence-corrected chi connectivity index (χ3v) is 3.15. The summed E-state index contributed by atoms with van der Waals surface area (Å²) in [6, 6.07) is 3.53. The second-order valence-corrected chi connectivity index (χ2v) is 4.49. The van der Waals surface area contributed by atoms with E-state index in [4.69, 9.17) is 0 Å². The monoisotopic (exact) mass is 269 g/mol. The Bertz CT molecular complexity index is 502. The molecule has 1 N–H and O–H groups in total. The Morgan fingerprint density at radius 2 is 2.22 bits per heavy atom. The van der Waals surface area contributed by atoms with Gasteiger partial charge >= 0.3 is 0 Å². The molecule has 6 heteroatoms. The first-order valence-electron chi connectivity index (χ1n) is 5.65. The number of likely N-dealkylation sites (N-methyl/N-ethyl adjacent to an activating group) is 1. The molecule has 2 rings (SSSR count). The third kappa shape index (κ3) is 3.08. The highest BCUT2D eigenvalue weighted by atomic mass is 32.1. The largest absolute Gasteiger partial charge is 0.309 e. The fourth-order valence-electron chi connectivity index (χ4n) is 1.76. The Kier molecular flexibility index (Phi) is 4.33. The summed E-state index contributed by atoms with van der Waals surface area (Å²) in [5, 5.41) is 9.04. The Hall–Kier alpha value is -1.40. The van der Waals surface area contributed by atoms with Gasteiger partial charge in [-0.25, -0.2) is 8.78 Å². The van der Waals surface area contributed by atoms with E-state index in [-0.39, 0.29) is 6.04 Å². The second kappa shape index (κ2) is 5.97. The lowest BCUT2D eigenvalue weighted by atomic mass is 10.0. The van der Waals surface area contributed by atoms with E-state index in [0.717, 1.165) is 18.3 Å². The molecule has 3 nitrogen and oxygen atoms in total. The van der Waals surface area contributed by atoms with Crippen molar-refractivity contribution in [3.05, 3.63) is 46.5 Å². The van der Waals surface area contributed by atoms with Crippen LogP contribution in [0.2, 0.25) is 0 Å². The van der Waals surface area contributed by atoms with Crippen LogP contribution in [0.1, 0.15) is 24.2 Å². The highest BCUT2D eigenvalue weighted by Gasteiger charge is 2.16. The second-order valence-electron chi connectivity index (χ2n) is 3.88. The van der Waals surface area contributed by atoms with Crippen LogP contribution in [0.4, 0.5) is 8.78 Å². The van der Waals surface area contributed by atoms with Gasteiger partial charge in [0, 0.05) is 11.4 Å². The van der Waals surface area contributed by atoms with Crippen LogP contribution in [0, 0.1) is 11.6 Å². The van der Waals surface area contributed by atoms with Crippen molar-refractivity contribution in [2.75, 3.05) is 6.54 Å². The van der Waals surface area contributed by atoms with Crippen molar-refractivity contribution >= 4 is 11.5 Å². The summed E-state index contributed by atoms with van der Waals surface area (Å²) < 4.78 is 30.2. The molecule has 2 aromatic rings. The van der Waals surface area contributed by atoms with Gasteiger partial charge in [-0.2, -0.15) is 0 Å². The van der Waals surface area contributed by atoms with Gasteiger partial charge < -0.3 is 5.32 Å². The molecule has 0 saturated carbocycles. The standard InChI is InChI=1S/C12H13F2N3S/c1-2-15-11(12-7-18-17-16-12)5-8-3-4-9(13)6-10(8)14/h3-4,6-7,11,15H,2,5H2,1H3. The first kappa shape index (κ1) is 13.0. The average molecular weight is 269 g/mol. The van der Waals surface area contributed by atoms with Gasteiger partial charge in [-0.1, -0.05) is 17.5 Å². The zero-order valence-electron chi connectivity index (χ0n) is 9.86. The number of nitrogens with one attached hydrogen (secondary N) is 1. The Labute approximate surface area is 108 Å². The van der Waals surface area contributed by atoms with E-state index >= 15 is 0 Å². The average Bonchev–Trinajstić information content (AvgIpc) is 2.85. The number of hydrogen-bond donors (Lipinski definition) is 1. The topological polar surface area (TPSA) is 37.8 Å². The maximum Gasteiger partial charge on any atom is 0.129 e. The maximum atomic E-state index is 13.6. The van der Waals surface area contributed by atoms with E-state index in [1.54, 1.807) is 0 Å². The molecule has 0 spiro atoms. The molecule has 18 heavy (non-hydrogen) atoms. The van der Waals surface area contributed by atoms with Gasteiger partial charge in [-0.05, 0) is 36.1 Å². The van der Waals surface area contributed by atoms with E-state index in [1.807, 2.05) is 12.3 Å². The number of nitrogens with zero attached hydrogens (tertiary/aromatic N) is 2. The lowest BCUT2D eigenvalue weighted by Gasteiger charge is -2.15. The summed E-state index contributed by atoms with van der Waals surface area (Å²) in [5.74, 6) is -1.09. The highest BCUT2D eigenvalue weighted by Crippen LogP contribution is 2.20. The predicted octanol–water partition coefficient (Wildman–Crippen LogP) is 2.71. The first-order chi connectivity index (χ1) is 8.70. The van der Waals surface area contributed by atoms with Crippen LogP contribution in [0.5, 0.6) is 0 Å². The van der Waals surface area contributed by atoms with Crippen LogP contribution in [-0.2, 0) is 6.42 Å². The smallest absolute Gasteiger partial charge is 0.129 e. The molecule has 1 atom stereocenters. The molecular formula is C12H13F2N3S. The van der Waals surface area contributed by atoms with E-state index in [9.17, 15) is 8.78 Å². The number of halogens is 2.